The Balaban J connectivity index is 0.000000321. The lowest BCUT2D eigenvalue weighted by molar-refractivity contribution is -0.730. The van der Waals surface area contributed by atoms with E-state index in [1.807, 2.05) is 19.9 Å². The number of hydrogen-bond donors (Lipinski definition) is 2. The Morgan fingerprint density at radius 3 is 2.52 bits per heavy atom. The molecule has 33 heavy (non-hydrogen) atoms. The van der Waals surface area contributed by atoms with Gasteiger partial charge in [0.05, 0.1) is 32.5 Å². The van der Waals surface area contributed by atoms with Crippen LogP contribution >= 0.6 is 23.2 Å². The highest BCUT2D eigenvalue weighted by Gasteiger charge is 2.15. The SMILES string of the molecule is CCOCOC(=O)c1ccccc1Nc1c(Cl)ccc(C)c1Cl.C[n+]1ccc(C(=O)O)cn1. The van der Waals surface area contributed by atoms with E-state index >= 15 is 0 Å². The highest BCUT2D eigenvalue weighted by atomic mass is 35.5. The summed E-state index contributed by atoms with van der Waals surface area (Å²) in [7, 11) is 1.73. The summed E-state index contributed by atoms with van der Waals surface area (Å²) in [6.45, 7) is 4.09. The minimum atomic E-state index is -0.951. The van der Waals surface area contributed by atoms with Crippen LogP contribution in [0.25, 0.3) is 0 Å². The molecule has 0 aliphatic heterocycles. The van der Waals surface area contributed by atoms with Gasteiger partial charge in [0.25, 0.3) is 0 Å². The van der Waals surface area contributed by atoms with Crippen molar-refractivity contribution < 1.29 is 28.9 Å². The van der Waals surface area contributed by atoms with Gasteiger partial charge in [-0.1, -0.05) is 46.1 Å². The molecule has 174 valence electrons. The van der Waals surface area contributed by atoms with Crippen molar-refractivity contribution in [2.75, 3.05) is 18.7 Å². The molecule has 3 rings (SSSR count). The largest absolute Gasteiger partial charge is 0.478 e. The van der Waals surface area contributed by atoms with E-state index in [0.717, 1.165) is 5.56 Å². The van der Waals surface area contributed by atoms with Gasteiger partial charge >= 0.3 is 11.9 Å². The predicted octanol–water partition coefficient (Wildman–Crippen LogP) is 4.80. The fourth-order valence-corrected chi connectivity index (χ4v) is 2.95. The zero-order chi connectivity index (χ0) is 24.4. The van der Waals surface area contributed by atoms with Crippen LogP contribution in [0.4, 0.5) is 11.4 Å². The van der Waals surface area contributed by atoms with E-state index in [-0.39, 0.29) is 12.4 Å². The number of anilines is 2. The molecule has 0 amide bonds. The normalized spacial score (nSPS) is 10.1. The molecule has 0 atom stereocenters. The smallest absolute Gasteiger partial charge is 0.342 e. The summed E-state index contributed by atoms with van der Waals surface area (Å²) < 4.78 is 11.6. The Kier molecular flexibility index (Phi) is 10.1. The third-order valence-corrected chi connectivity index (χ3v) is 5.07. The number of carbonyl (C=O) groups excluding carboxylic acids is 1. The molecule has 0 saturated heterocycles. The first kappa shape index (κ1) is 26.1. The van der Waals surface area contributed by atoms with Crippen molar-refractivity contribution in [2.24, 2.45) is 7.05 Å². The first-order valence-corrected chi connectivity index (χ1v) is 10.6. The third kappa shape index (κ3) is 7.71. The maximum atomic E-state index is 12.2. The van der Waals surface area contributed by atoms with E-state index < -0.39 is 11.9 Å². The van der Waals surface area contributed by atoms with Gasteiger partial charge in [0.1, 0.15) is 6.20 Å². The second-order valence-corrected chi connectivity index (χ2v) is 7.45. The number of carbonyl (C=O) groups is 2. The maximum absolute atomic E-state index is 12.2. The lowest BCUT2D eigenvalue weighted by Gasteiger charge is -2.15. The molecule has 2 aromatic carbocycles. The fourth-order valence-electron chi connectivity index (χ4n) is 2.48. The zero-order valence-corrected chi connectivity index (χ0v) is 19.9. The van der Waals surface area contributed by atoms with Crippen LogP contribution in [0.2, 0.25) is 10.0 Å². The van der Waals surface area contributed by atoms with E-state index in [0.29, 0.717) is 33.6 Å². The molecule has 0 bridgehead atoms. The Morgan fingerprint density at radius 1 is 1.15 bits per heavy atom. The van der Waals surface area contributed by atoms with Crippen LogP contribution in [0.5, 0.6) is 0 Å². The monoisotopic (exact) mass is 492 g/mol. The highest BCUT2D eigenvalue weighted by molar-refractivity contribution is 6.39. The van der Waals surface area contributed by atoms with E-state index in [1.165, 1.54) is 16.9 Å². The molecule has 3 aromatic rings. The van der Waals surface area contributed by atoms with Crippen LogP contribution in [0.15, 0.2) is 54.9 Å². The van der Waals surface area contributed by atoms with Gasteiger partial charge in [-0.25, -0.2) is 9.59 Å². The minimum absolute atomic E-state index is 0.0877. The number of rotatable bonds is 7. The van der Waals surface area contributed by atoms with Gasteiger partial charge in [0, 0.05) is 12.7 Å². The lowest BCUT2D eigenvalue weighted by Crippen LogP contribution is -2.32. The summed E-state index contributed by atoms with van der Waals surface area (Å²) in [6, 6.07) is 12.1. The minimum Gasteiger partial charge on any atom is -0.478 e. The molecule has 10 heteroatoms. The fraction of sp³-hybridized carbons (Fsp3) is 0.217. The molecule has 0 saturated carbocycles. The summed E-state index contributed by atoms with van der Waals surface area (Å²) in [5.41, 5.74) is 2.58. The van der Waals surface area contributed by atoms with Crippen LogP contribution in [-0.4, -0.2) is 35.5 Å². The number of hydrogen-bond acceptors (Lipinski definition) is 6. The molecule has 0 spiro atoms. The summed E-state index contributed by atoms with van der Waals surface area (Å²) in [4.78, 5) is 22.4. The molecular formula is C23H24Cl2N3O5+. The Labute approximate surface area is 201 Å². The molecule has 2 N–H and O–H groups in total. The number of aromatic carboxylic acids is 1. The molecular weight excluding hydrogens is 469 g/mol. The molecule has 0 aliphatic rings. The van der Waals surface area contributed by atoms with Gasteiger partial charge in [-0.2, -0.15) is 0 Å². The summed E-state index contributed by atoms with van der Waals surface area (Å²) >= 11 is 12.5. The maximum Gasteiger partial charge on any atom is 0.342 e. The van der Waals surface area contributed by atoms with Crippen molar-refractivity contribution in [3.63, 3.8) is 0 Å². The van der Waals surface area contributed by atoms with E-state index in [1.54, 1.807) is 43.6 Å². The van der Waals surface area contributed by atoms with Crippen molar-refractivity contribution in [2.45, 2.75) is 13.8 Å². The number of nitrogens with zero attached hydrogens (tertiary/aromatic N) is 2. The third-order valence-electron chi connectivity index (χ3n) is 4.26. The number of aromatic nitrogens is 2. The number of carboxylic acid groups (broad SMARTS) is 1. The van der Waals surface area contributed by atoms with Gasteiger partial charge < -0.3 is 19.9 Å². The molecule has 1 aromatic heterocycles. The topological polar surface area (TPSA) is 102 Å². The van der Waals surface area contributed by atoms with Crippen LogP contribution in [0.1, 0.15) is 33.2 Å². The van der Waals surface area contributed by atoms with Gasteiger partial charge in [-0.05, 0) is 42.7 Å². The molecule has 0 unspecified atom stereocenters. The number of aryl methyl sites for hydroxylation is 2. The van der Waals surface area contributed by atoms with Crippen molar-refractivity contribution in [3.05, 3.63) is 81.6 Å². The lowest BCUT2D eigenvalue weighted by atomic mass is 10.1. The van der Waals surface area contributed by atoms with Gasteiger partial charge in [0.15, 0.2) is 20.0 Å². The molecule has 0 fully saturated rings. The van der Waals surface area contributed by atoms with Crippen molar-refractivity contribution in [3.8, 4) is 0 Å². The summed E-state index contributed by atoms with van der Waals surface area (Å²) in [6.07, 6.45) is 2.89. The number of esters is 1. The predicted molar refractivity (Wildman–Crippen MR) is 125 cm³/mol. The van der Waals surface area contributed by atoms with Crippen LogP contribution in [-0.2, 0) is 16.5 Å². The Hall–Kier alpha value is -3.20. The molecule has 0 radical (unpaired) electrons. The van der Waals surface area contributed by atoms with E-state index in [4.69, 9.17) is 37.8 Å². The number of para-hydroxylation sites is 1. The summed E-state index contributed by atoms with van der Waals surface area (Å²) in [5.74, 6) is -1.44. The highest BCUT2D eigenvalue weighted by Crippen LogP contribution is 2.36. The van der Waals surface area contributed by atoms with Gasteiger partial charge in [-0.15, -0.1) is 0 Å². The number of ether oxygens (including phenoxy) is 2. The van der Waals surface area contributed by atoms with Gasteiger partial charge in [-0.3, -0.25) is 0 Å². The second kappa shape index (κ2) is 12.7. The van der Waals surface area contributed by atoms with Crippen LogP contribution < -0.4 is 10.00 Å². The van der Waals surface area contributed by atoms with Crippen molar-refractivity contribution in [1.29, 1.82) is 0 Å². The average Bonchev–Trinajstić information content (AvgIpc) is 2.80. The number of halogens is 2. The quantitative estimate of drug-likeness (QED) is 0.211. The Bertz CT molecular complexity index is 1110. The standard InChI is InChI=1S/C17H17Cl2NO3.C6H6N2O2/c1-3-22-10-23-17(21)12-6-4-5-7-14(12)20-16-13(18)9-8-11(2)15(16)19;1-8-3-2-5(4-7-8)6(9)10/h4-9,20H,3,10H2,1-2H3;2-4H,1H3/p+1. The number of nitrogens with one attached hydrogen (secondary N) is 1. The molecule has 8 nitrogen and oxygen atoms in total. The van der Waals surface area contributed by atoms with Crippen LogP contribution in [0, 0.1) is 6.92 Å². The van der Waals surface area contributed by atoms with E-state index in [2.05, 4.69) is 10.4 Å². The number of carboxylic acids is 1. The van der Waals surface area contributed by atoms with E-state index in [9.17, 15) is 9.59 Å². The first-order chi connectivity index (χ1) is 15.7. The zero-order valence-electron chi connectivity index (χ0n) is 18.3. The van der Waals surface area contributed by atoms with Gasteiger partial charge in [0.2, 0.25) is 0 Å². The molecule has 1 heterocycles. The summed E-state index contributed by atoms with van der Waals surface area (Å²) in [5, 5.41) is 16.3. The number of benzene rings is 2. The van der Waals surface area contributed by atoms with Crippen molar-refractivity contribution in [1.82, 2.24) is 5.10 Å². The average molecular weight is 493 g/mol. The Morgan fingerprint density at radius 2 is 1.88 bits per heavy atom. The second-order valence-electron chi connectivity index (χ2n) is 6.66. The van der Waals surface area contributed by atoms with Crippen molar-refractivity contribution >= 4 is 46.5 Å². The molecule has 0 aliphatic carbocycles. The first-order valence-electron chi connectivity index (χ1n) is 9.85. The van der Waals surface area contributed by atoms with Crippen LogP contribution in [0.3, 0.4) is 0 Å².